The van der Waals surface area contributed by atoms with Gasteiger partial charge in [0, 0.05) is 27.3 Å². The van der Waals surface area contributed by atoms with E-state index in [1.165, 1.54) is 5.56 Å². The molecule has 25 heavy (non-hydrogen) atoms. The van der Waals surface area contributed by atoms with Crippen LogP contribution in [0.1, 0.15) is 16.7 Å². The number of hydrogen-bond donors (Lipinski definition) is 1. The minimum atomic E-state index is 0.536. The van der Waals surface area contributed by atoms with E-state index in [0.29, 0.717) is 18.2 Å². The van der Waals surface area contributed by atoms with E-state index in [1.807, 2.05) is 48.5 Å². The van der Waals surface area contributed by atoms with Crippen LogP contribution in [0.5, 0.6) is 5.75 Å². The maximum atomic E-state index is 6.17. The van der Waals surface area contributed by atoms with Crippen molar-refractivity contribution in [2.75, 3.05) is 5.32 Å². The predicted molar refractivity (Wildman–Crippen MR) is 108 cm³/mol. The van der Waals surface area contributed by atoms with E-state index in [9.17, 15) is 0 Å². The first-order valence-electron chi connectivity index (χ1n) is 8.06. The van der Waals surface area contributed by atoms with Crippen LogP contribution in [0.25, 0.3) is 0 Å². The summed E-state index contributed by atoms with van der Waals surface area (Å²) in [6.07, 6.45) is 0. The number of nitrogens with one attached hydrogen (secondary N) is 1. The largest absolute Gasteiger partial charge is 0.489 e. The smallest absolute Gasteiger partial charge is 0.124 e. The lowest BCUT2D eigenvalue weighted by Crippen LogP contribution is -2.04. The van der Waals surface area contributed by atoms with Gasteiger partial charge in [0.15, 0.2) is 0 Å². The molecule has 0 saturated heterocycles. The summed E-state index contributed by atoms with van der Waals surface area (Å²) in [5.74, 6) is 0.843. The molecule has 0 spiro atoms. The first kappa shape index (κ1) is 17.8. The van der Waals surface area contributed by atoms with Gasteiger partial charge in [-0.3, -0.25) is 0 Å². The van der Waals surface area contributed by atoms with Crippen molar-refractivity contribution in [3.8, 4) is 5.75 Å². The lowest BCUT2D eigenvalue weighted by atomic mass is 10.1. The van der Waals surface area contributed by atoms with Gasteiger partial charge in [0.2, 0.25) is 0 Å². The molecule has 128 valence electrons. The van der Waals surface area contributed by atoms with Gasteiger partial charge < -0.3 is 10.1 Å². The van der Waals surface area contributed by atoms with Crippen molar-refractivity contribution in [2.45, 2.75) is 20.1 Å². The standard InChI is InChI=1S/C21H19BrClNO/c1-15-3-2-4-16(11-15)14-25-21-10-7-19(23)12-17(21)13-24-20-8-5-18(22)6-9-20/h2-12,24H,13-14H2,1H3. The van der Waals surface area contributed by atoms with E-state index in [4.69, 9.17) is 16.3 Å². The number of aryl methyl sites for hydroxylation is 1. The second-order valence-corrected chi connectivity index (χ2v) is 7.24. The summed E-state index contributed by atoms with van der Waals surface area (Å²) in [6, 6.07) is 22.1. The van der Waals surface area contributed by atoms with Crippen LogP contribution in [0.2, 0.25) is 5.02 Å². The minimum Gasteiger partial charge on any atom is -0.489 e. The fourth-order valence-electron chi connectivity index (χ4n) is 2.56. The Hall–Kier alpha value is -1.97. The zero-order valence-corrected chi connectivity index (χ0v) is 16.3. The molecule has 4 heteroatoms. The number of halogens is 2. The van der Waals surface area contributed by atoms with Crippen LogP contribution in [0.3, 0.4) is 0 Å². The highest BCUT2D eigenvalue weighted by atomic mass is 79.9. The lowest BCUT2D eigenvalue weighted by molar-refractivity contribution is 0.303. The van der Waals surface area contributed by atoms with Crippen LogP contribution in [-0.2, 0) is 13.2 Å². The van der Waals surface area contributed by atoms with Crippen LogP contribution >= 0.6 is 27.5 Å². The Morgan fingerprint density at radius 1 is 1.00 bits per heavy atom. The van der Waals surface area contributed by atoms with E-state index in [2.05, 4.69) is 46.4 Å². The molecule has 0 atom stereocenters. The fraction of sp³-hybridized carbons (Fsp3) is 0.143. The van der Waals surface area contributed by atoms with Crippen LogP contribution in [0, 0.1) is 6.92 Å². The third-order valence-corrected chi connectivity index (χ3v) is 4.59. The summed E-state index contributed by atoms with van der Waals surface area (Å²) in [7, 11) is 0. The Morgan fingerprint density at radius 3 is 2.56 bits per heavy atom. The number of rotatable bonds is 6. The molecule has 1 N–H and O–H groups in total. The van der Waals surface area contributed by atoms with Crippen LogP contribution < -0.4 is 10.1 Å². The quantitative estimate of drug-likeness (QED) is 0.488. The van der Waals surface area contributed by atoms with Crippen molar-refractivity contribution in [3.05, 3.63) is 92.9 Å². The Kier molecular flexibility index (Phi) is 6.00. The lowest BCUT2D eigenvalue weighted by Gasteiger charge is -2.14. The van der Waals surface area contributed by atoms with Crippen molar-refractivity contribution in [1.82, 2.24) is 0 Å². The summed E-state index contributed by atoms with van der Waals surface area (Å²) in [5.41, 5.74) is 4.46. The summed E-state index contributed by atoms with van der Waals surface area (Å²) >= 11 is 9.61. The summed E-state index contributed by atoms with van der Waals surface area (Å²) < 4.78 is 7.09. The highest BCUT2D eigenvalue weighted by Crippen LogP contribution is 2.25. The zero-order valence-electron chi connectivity index (χ0n) is 13.9. The predicted octanol–water partition coefficient (Wildman–Crippen LogP) is 6.60. The van der Waals surface area contributed by atoms with Gasteiger partial charge in [-0.1, -0.05) is 57.4 Å². The van der Waals surface area contributed by atoms with Crippen molar-refractivity contribution >= 4 is 33.2 Å². The Balaban J connectivity index is 1.70. The highest BCUT2D eigenvalue weighted by Gasteiger charge is 2.06. The molecule has 3 aromatic rings. The Morgan fingerprint density at radius 2 is 1.80 bits per heavy atom. The third-order valence-electron chi connectivity index (χ3n) is 3.83. The average Bonchev–Trinajstić information content (AvgIpc) is 2.60. The summed E-state index contributed by atoms with van der Waals surface area (Å²) in [5, 5.41) is 4.11. The molecule has 0 bridgehead atoms. The zero-order chi connectivity index (χ0) is 17.6. The number of benzene rings is 3. The van der Waals surface area contributed by atoms with Crippen molar-refractivity contribution < 1.29 is 4.74 Å². The molecule has 0 fully saturated rings. The first-order chi connectivity index (χ1) is 12.1. The van der Waals surface area contributed by atoms with Gasteiger partial charge in [0.05, 0.1) is 0 Å². The highest BCUT2D eigenvalue weighted by molar-refractivity contribution is 9.10. The molecule has 0 radical (unpaired) electrons. The van der Waals surface area contributed by atoms with Gasteiger partial charge in [-0.2, -0.15) is 0 Å². The Bertz CT molecular complexity index is 849. The second-order valence-electron chi connectivity index (χ2n) is 5.89. The van der Waals surface area contributed by atoms with Gasteiger partial charge in [-0.05, 0) is 55.0 Å². The van der Waals surface area contributed by atoms with Gasteiger partial charge in [0.25, 0.3) is 0 Å². The molecule has 0 heterocycles. The molecular formula is C21H19BrClNO. The van der Waals surface area contributed by atoms with Gasteiger partial charge in [0.1, 0.15) is 12.4 Å². The van der Waals surface area contributed by atoms with E-state index in [1.54, 1.807) is 0 Å². The maximum absolute atomic E-state index is 6.17. The van der Waals surface area contributed by atoms with Crippen molar-refractivity contribution in [2.24, 2.45) is 0 Å². The Labute approximate surface area is 161 Å². The SMILES string of the molecule is Cc1cccc(COc2ccc(Cl)cc2CNc2ccc(Br)cc2)c1. The average molecular weight is 417 g/mol. The normalized spacial score (nSPS) is 10.5. The molecular weight excluding hydrogens is 398 g/mol. The van der Waals surface area contributed by atoms with E-state index < -0.39 is 0 Å². The van der Waals surface area contributed by atoms with Crippen molar-refractivity contribution in [3.63, 3.8) is 0 Å². The van der Waals surface area contributed by atoms with Gasteiger partial charge >= 0.3 is 0 Å². The molecule has 0 saturated carbocycles. The molecule has 2 nitrogen and oxygen atoms in total. The molecule has 0 unspecified atom stereocenters. The van der Waals surface area contributed by atoms with Crippen LogP contribution in [0.15, 0.2) is 71.2 Å². The number of anilines is 1. The number of hydrogen-bond acceptors (Lipinski definition) is 2. The molecule has 0 aliphatic heterocycles. The minimum absolute atomic E-state index is 0.536. The molecule has 0 aromatic heterocycles. The van der Waals surface area contributed by atoms with Crippen LogP contribution in [0.4, 0.5) is 5.69 Å². The summed E-state index contributed by atoms with van der Waals surface area (Å²) in [4.78, 5) is 0. The summed E-state index contributed by atoms with van der Waals surface area (Å²) in [6.45, 7) is 3.26. The van der Waals surface area contributed by atoms with Crippen LogP contribution in [-0.4, -0.2) is 0 Å². The second kappa shape index (κ2) is 8.41. The third kappa shape index (κ3) is 5.25. The first-order valence-corrected chi connectivity index (χ1v) is 9.23. The van der Waals surface area contributed by atoms with E-state index in [0.717, 1.165) is 27.0 Å². The molecule has 0 aliphatic rings. The molecule has 3 aromatic carbocycles. The van der Waals surface area contributed by atoms with E-state index >= 15 is 0 Å². The monoisotopic (exact) mass is 415 g/mol. The molecule has 3 rings (SSSR count). The van der Waals surface area contributed by atoms with Gasteiger partial charge in [-0.25, -0.2) is 0 Å². The topological polar surface area (TPSA) is 21.3 Å². The van der Waals surface area contributed by atoms with Gasteiger partial charge in [-0.15, -0.1) is 0 Å². The van der Waals surface area contributed by atoms with E-state index in [-0.39, 0.29) is 0 Å². The fourth-order valence-corrected chi connectivity index (χ4v) is 3.01. The number of ether oxygens (including phenoxy) is 1. The molecule has 0 amide bonds. The molecule has 0 aliphatic carbocycles. The maximum Gasteiger partial charge on any atom is 0.124 e. The van der Waals surface area contributed by atoms with Crippen molar-refractivity contribution in [1.29, 1.82) is 0 Å².